The monoisotopic (exact) mass is 261 g/mol. The largest absolute Gasteiger partial charge is 0.478 e. The lowest BCUT2D eigenvalue weighted by Gasteiger charge is -2.36. The third kappa shape index (κ3) is 3.28. The van der Waals surface area contributed by atoms with Crippen molar-refractivity contribution < 1.29 is 9.90 Å². The Morgan fingerprint density at radius 2 is 2.16 bits per heavy atom. The molecule has 1 saturated carbocycles. The van der Waals surface area contributed by atoms with Gasteiger partial charge in [0.1, 0.15) is 0 Å². The van der Waals surface area contributed by atoms with Crippen LogP contribution in [0.1, 0.15) is 55.5 Å². The molecule has 0 saturated heterocycles. The van der Waals surface area contributed by atoms with Crippen molar-refractivity contribution >= 4 is 11.7 Å². The molecular weight excluding hydrogens is 238 g/mol. The molecule has 1 atom stereocenters. The molecule has 3 nitrogen and oxygen atoms in total. The van der Waals surface area contributed by atoms with Gasteiger partial charge in [0.2, 0.25) is 0 Å². The zero-order valence-electron chi connectivity index (χ0n) is 12.0. The first kappa shape index (κ1) is 13.9. The number of carboxylic acid groups (broad SMARTS) is 1. The van der Waals surface area contributed by atoms with Gasteiger partial charge in [0, 0.05) is 6.04 Å². The normalized spacial score (nSPS) is 21.9. The van der Waals surface area contributed by atoms with E-state index >= 15 is 0 Å². The number of aromatic carboxylic acids is 1. The third-order valence-corrected chi connectivity index (χ3v) is 4.06. The molecule has 3 heteroatoms. The number of rotatable bonds is 3. The van der Waals surface area contributed by atoms with Gasteiger partial charge in [-0.2, -0.15) is 0 Å². The van der Waals surface area contributed by atoms with E-state index in [-0.39, 0.29) is 0 Å². The lowest BCUT2D eigenvalue weighted by molar-refractivity contribution is 0.0697. The van der Waals surface area contributed by atoms with E-state index in [0.717, 1.165) is 24.1 Å². The van der Waals surface area contributed by atoms with E-state index in [9.17, 15) is 9.90 Å². The van der Waals surface area contributed by atoms with Gasteiger partial charge in [-0.25, -0.2) is 4.79 Å². The summed E-state index contributed by atoms with van der Waals surface area (Å²) in [5.74, 6) is -0.860. The second-order valence-corrected chi connectivity index (χ2v) is 6.40. The highest BCUT2D eigenvalue weighted by molar-refractivity contribution is 5.95. The topological polar surface area (TPSA) is 49.3 Å². The average molecular weight is 261 g/mol. The Balaban J connectivity index is 2.21. The maximum Gasteiger partial charge on any atom is 0.337 e. The molecule has 1 fully saturated rings. The van der Waals surface area contributed by atoms with Crippen LogP contribution < -0.4 is 5.32 Å². The second-order valence-electron chi connectivity index (χ2n) is 6.40. The van der Waals surface area contributed by atoms with Crippen LogP contribution in [0.5, 0.6) is 0 Å². The van der Waals surface area contributed by atoms with Crippen molar-refractivity contribution in [2.24, 2.45) is 5.41 Å². The van der Waals surface area contributed by atoms with Gasteiger partial charge in [-0.05, 0) is 43.2 Å². The molecule has 0 aromatic heterocycles. The Morgan fingerprint density at radius 3 is 2.79 bits per heavy atom. The number of para-hydroxylation sites is 1. The van der Waals surface area contributed by atoms with Gasteiger partial charge in [-0.1, -0.05) is 32.4 Å². The van der Waals surface area contributed by atoms with Crippen molar-refractivity contribution in [3.63, 3.8) is 0 Å². The third-order valence-electron chi connectivity index (χ3n) is 4.06. The number of benzene rings is 1. The number of anilines is 1. The molecule has 1 aliphatic carbocycles. The first-order valence-corrected chi connectivity index (χ1v) is 6.98. The number of hydrogen-bond donors (Lipinski definition) is 2. The molecule has 1 unspecified atom stereocenters. The lowest BCUT2D eigenvalue weighted by Crippen LogP contribution is -2.32. The predicted molar refractivity (Wildman–Crippen MR) is 77.8 cm³/mol. The second kappa shape index (κ2) is 5.24. The fraction of sp³-hybridized carbons (Fsp3) is 0.562. The Bertz CT molecular complexity index is 480. The standard InChI is InChI=1S/C16H23NO2/c1-11-6-4-8-13(15(18)19)14(11)17-12-7-5-9-16(2,3)10-12/h4,6,8,12,17H,5,7,9-10H2,1-3H3,(H,18,19). The Labute approximate surface area is 115 Å². The summed E-state index contributed by atoms with van der Waals surface area (Å²) in [6.07, 6.45) is 4.68. The van der Waals surface area contributed by atoms with Crippen LogP contribution in [0, 0.1) is 12.3 Å². The summed E-state index contributed by atoms with van der Waals surface area (Å²) in [4.78, 5) is 11.3. The predicted octanol–water partition coefficient (Wildman–Crippen LogP) is 4.07. The molecule has 0 bridgehead atoms. The highest BCUT2D eigenvalue weighted by Crippen LogP contribution is 2.37. The smallest absolute Gasteiger partial charge is 0.337 e. The summed E-state index contributed by atoms with van der Waals surface area (Å²) in [6, 6.07) is 5.81. The van der Waals surface area contributed by atoms with Crippen LogP contribution in [0.25, 0.3) is 0 Å². The molecule has 19 heavy (non-hydrogen) atoms. The molecule has 1 aromatic carbocycles. The zero-order valence-corrected chi connectivity index (χ0v) is 12.0. The van der Waals surface area contributed by atoms with Crippen molar-refractivity contribution in [3.8, 4) is 0 Å². The van der Waals surface area contributed by atoms with Crippen LogP contribution in [0.15, 0.2) is 18.2 Å². The molecule has 0 radical (unpaired) electrons. The maximum absolute atomic E-state index is 11.3. The molecule has 2 rings (SSSR count). The van der Waals surface area contributed by atoms with Crippen LogP contribution in [0.3, 0.4) is 0 Å². The van der Waals surface area contributed by atoms with Gasteiger partial charge in [-0.15, -0.1) is 0 Å². The highest BCUT2D eigenvalue weighted by Gasteiger charge is 2.28. The molecule has 0 aliphatic heterocycles. The summed E-state index contributed by atoms with van der Waals surface area (Å²) in [5.41, 5.74) is 2.52. The lowest BCUT2D eigenvalue weighted by atomic mass is 9.75. The van der Waals surface area contributed by atoms with E-state index in [4.69, 9.17) is 0 Å². The minimum atomic E-state index is -0.860. The van der Waals surface area contributed by atoms with Crippen molar-refractivity contribution in [1.82, 2.24) is 0 Å². The Hall–Kier alpha value is -1.51. The van der Waals surface area contributed by atoms with Crippen LogP contribution >= 0.6 is 0 Å². The molecule has 0 spiro atoms. The fourth-order valence-electron chi connectivity index (χ4n) is 3.06. The van der Waals surface area contributed by atoms with Crippen molar-refractivity contribution in [2.75, 3.05) is 5.32 Å². The molecule has 1 aromatic rings. The van der Waals surface area contributed by atoms with E-state index in [1.54, 1.807) is 12.1 Å². The van der Waals surface area contributed by atoms with Crippen molar-refractivity contribution in [1.29, 1.82) is 0 Å². The first-order valence-electron chi connectivity index (χ1n) is 6.98. The van der Waals surface area contributed by atoms with E-state index in [2.05, 4.69) is 19.2 Å². The number of carboxylic acids is 1. The molecule has 0 heterocycles. The van der Waals surface area contributed by atoms with Gasteiger partial charge in [0.25, 0.3) is 0 Å². The summed E-state index contributed by atoms with van der Waals surface area (Å²) in [5, 5.41) is 12.8. The number of aryl methyl sites for hydroxylation is 1. The van der Waals surface area contributed by atoms with Crippen molar-refractivity contribution in [2.45, 2.75) is 52.5 Å². The summed E-state index contributed by atoms with van der Waals surface area (Å²) in [6.45, 7) is 6.54. The van der Waals surface area contributed by atoms with Crippen molar-refractivity contribution in [3.05, 3.63) is 29.3 Å². The van der Waals surface area contributed by atoms with E-state index in [1.807, 2.05) is 13.0 Å². The Morgan fingerprint density at radius 1 is 1.42 bits per heavy atom. The van der Waals surface area contributed by atoms with E-state index in [0.29, 0.717) is 17.0 Å². The van der Waals surface area contributed by atoms with E-state index in [1.165, 1.54) is 12.8 Å². The number of carbonyl (C=O) groups is 1. The summed E-state index contributed by atoms with van der Waals surface area (Å²) >= 11 is 0. The maximum atomic E-state index is 11.3. The van der Waals surface area contributed by atoms with E-state index < -0.39 is 5.97 Å². The summed E-state index contributed by atoms with van der Waals surface area (Å²) in [7, 11) is 0. The average Bonchev–Trinajstić information content (AvgIpc) is 2.30. The minimum absolute atomic E-state index is 0.349. The quantitative estimate of drug-likeness (QED) is 0.862. The number of nitrogens with one attached hydrogen (secondary N) is 1. The fourth-order valence-corrected chi connectivity index (χ4v) is 3.06. The van der Waals surface area contributed by atoms with Crippen LogP contribution in [-0.2, 0) is 0 Å². The zero-order chi connectivity index (χ0) is 14.0. The minimum Gasteiger partial charge on any atom is -0.478 e. The Kier molecular flexibility index (Phi) is 3.83. The highest BCUT2D eigenvalue weighted by atomic mass is 16.4. The molecule has 104 valence electrons. The van der Waals surface area contributed by atoms with Gasteiger partial charge in [0.15, 0.2) is 0 Å². The van der Waals surface area contributed by atoms with Gasteiger partial charge in [0.05, 0.1) is 11.3 Å². The molecule has 1 aliphatic rings. The molecular formula is C16H23NO2. The summed E-state index contributed by atoms with van der Waals surface area (Å²) < 4.78 is 0. The molecule has 2 N–H and O–H groups in total. The first-order chi connectivity index (χ1) is 8.89. The van der Waals surface area contributed by atoms with Crippen LogP contribution in [-0.4, -0.2) is 17.1 Å². The molecule has 0 amide bonds. The van der Waals surface area contributed by atoms with Crippen LogP contribution in [0.4, 0.5) is 5.69 Å². The van der Waals surface area contributed by atoms with Gasteiger partial charge >= 0.3 is 5.97 Å². The SMILES string of the molecule is Cc1cccc(C(=O)O)c1NC1CCCC(C)(C)C1. The van der Waals surface area contributed by atoms with Gasteiger partial charge in [-0.3, -0.25) is 0 Å². The van der Waals surface area contributed by atoms with Crippen LogP contribution in [0.2, 0.25) is 0 Å². The number of hydrogen-bond acceptors (Lipinski definition) is 2. The van der Waals surface area contributed by atoms with Gasteiger partial charge < -0.3 is 10.4 Å².